The van der Waals surface area contributed by atoms with Crippen molar-refractivity contribution in [1.82, 2.24) is 0 Å². The van der Waals surface area contributed by atoms with Gasteiger partial charge < -0.3 is 14.2 Å². The molecule has 0 aliphatic carbocycles. The van der Waals surface area contributed by atoms with E-state index in [1.807, 2.05) is 6.92 Å². The second-order valence-electron chi connectivity index (χ2n) is 4.01. The van der Waals surface area contributed by atoms with E-state index in [1.165, 1.54) is 0 Å². The highest BCUT2D eigenvalue weighted by Crippen LogP contribution is 2.45. The zero-order valence-corrected chi connectivity index (χ0v) is 15.5. The van der Waals surface area contributed by atoms with Crippen molar-refractivity contribution >= 4 is 43.8 Å². The third-order valence-electron chi connectivity index (χ3n) is 2.57. The van der Waals surface area contributed by atoms with E-state index in [9.17, 15) is 9.59 Å². The van der Waals surface area contributed by atoms with E-state index >= 15 is 0 Å². The molecule has 5 nitrogen and oxygen atoms in total. The normalized spacial score (nSPS) is 14.5. The average molecular weight is 418 g/mol. The first-order valence-electron chi connectivity index (χ1n) is 6.70. The van der Waals surface area contributed by atoms with Crippen molar-refractivity contribution < 1.29 is 23.8 Å². The van der Waals surface area contributed by atoms with Gasteiger partial charge in [0, 0.05) is 6.61 Å². The van der Waals surface area contributed by atoms with E-state index < -0.39 is 20.8 Å². The molecule has 7 heteroatoms. The summed E-state index contributed by atoms with van der Waals surface area (Å²) in [6.07, 6.45) is 1.14. The van der Waals surface area contributed by atoms with Crippen LogP contribution in [0.3, 0.4) is 0 Å². The summed E-state index contributed by atoms with van der Waals surface area (Å²) in [6, 6.07) is 0. The molecule has 0 bridgehead atoms. The Kier molecular flexibility index (Phi) is 8.93. The smallest absolute Gasteiger partial charge is 0.338 e. The molecule has 0 N–H and O–H groups in total. The Hall–Kier alpha value is -0.140. The van der Waals surface area contributed by atoms with Gasteiger partial charge in [0.1, 0.15) is 0 Å². The van der Waals surface area contributed by atoms with E-state index in [-0.39, 0.29) is 13.2 Å². The van der Waals surface area contributed by atoms with Crippen LogP contribution in [-0.2, 0) is 23.8 Å². The summed E-state index contributed by atoms with van der Waals surface area (Å²) in [5, 5.41) is 0. The highest BCUT2D eigenvalue weighted by atomic mass is 79.9. The van der Waals surface area contributed by atoms with Crippen molar-refractivity contribution in [1.29, 1.82) is 0 Å². The standard InChI is InChI=1S/C13H22Br2O5/c1-5-9-12(14,20-8-4)13(15,10(16)18-6-2)11(17)19-7-3/h5-9H2,1-4H3. The first kappa shape index (κ1) is 19.9. The molecule has 0 aromatic heterocycles. The van der Waals surface area contributed by atoms with Crippen LogP contribution < -0.4 is 0 Å². The molecular formula is C13H22Br2O5. The number of hydrogen-bond donors (Lipinski definition) is 0. The molecule has 0 saturated heterocycles. The van der Waals surface area contributed by atoms with Gasteiger partial charge in [0.25, 0.3) is 4.32 Å². The lowest BCUT2D eigenvalue weighted by atomic mass is 9.97. The first-order chi connectivity index (χ1) is 9.33. The summed E-state index contributed by atoms with van der Waals surface area (Å²) < 4.78 is 12.7. The van der Waals surface area contributed by atoms with Crippen LogP contribution >= 0.6 is 31.9 Å². The van der Waals surface area contributed by atoms with Crippen LogP contribution in [0.4, 0.5) is 0 Å². The fourth-order valence-corrected chi connectivity index (χ4v) is 3.23. The Balaban J connectivity index is 5.67. The number of hydrogen-bond acceptors (Lipinski definition) is 5. The molecule has 1 atom stereocenters. The number of esters is 2. The summed E-state index contributed by atoms with van der Waals surface area (Å²) in [4.78, 5) is 24.6. The summed E-state index contributed by atoms with van der Waals surface area (Å²) in [6.45, 7) is 7.71. The second-order valence-corrected chi connectivity index (χ2v) is 6.48. The summed E-state index contributed by atoms with van der Waals surface area (Å²) >= 11 is 6.62. The largest absolute Gasteiger partial charge is 0.464 e. The highest BCUT2D eigenvalue weighted by Gasteiger charge is 2.62. The van der Waals surface area contributed by atoms with Crippen LogP contribution in [-0.4, -0.2) is 40.6 Å². The third kappa shape index (κ3) is 4.18. The number of carbonyl (C=O) groups excluding carboxylic acids is 2. The van der Waals surface area contributed by atoms with E-state index in [0.29, 0.717) is 19.4 Å². The lowest BCUT2D eigenvalue weighted by molar-refractivity contribution is -0.166. The molecule has 0 fully saturated rings. The Bertz CT molecular complexity index is 309. The van der Waals surface area contributed by atoms with Crippen LogP contribution in [0.5, 0.6) is 0 Å². The molecule has 1 unspecified atom stereocenters. The van der Waals surface area contributed by atoms with Crippen LogP contribution in [0.15, 0.2) is 0 Å². The summed E-state index contributed by atoms with van der Waals surface area (Å²) in [5.41, 5.74) is 0. The van der Waals surface area contributed by atoms with E-state index in [2.05, 4.69) is 31.9 Å². The fourth-order valence-electron chi connectivity index (χ4n) is 1.74. The molecular weight excluding hydrogens is 396 g/mol. The maximum atomic E-state index is 12.3. The van der Waals surface area contributed by atoms with Crippen molar-refractivity contribution in [3.8, 4) is 0 Å². The predicted octanol–water partition coefficient (Wildman–Crippen LogP) is 3.17. The molecule has 0 heterocycles. The monoisotopic (exact) mass is 416 g/mol. The van der Waals surface area contributed by atoms with Gasteiger partial charge in [0.2, 0.25) is 0 Å². The van der Waals surface area contributed by atoms with Gasteiger partial charge in [-0.1, -0.05) is 45.2 Å². The van der Waals surface area contributed by atoms with Gasteiger partial charge in [0.05, 0.1) is 13.2 Å². The van der Waals surface area contributed by atoms with Crippen LogP contribution in [0.1, 0.15) is 40.5 Å². The van der Waals surface area contributed by atoms with Crippen LogP contribution in [0, 0.1) is 0 Å². The number of alkyl halides is 2. The third-order valence-corrected chi connectivity index (χ3v) is 5.61. The lowest BCUT2D eigenvalue weighted by Gasteiger charge is -2.38. The minimum absolute atomic E-state index is 0.160. The maximum absolute atomic E-state index is 12.3. The van der Waals surface area contributed by atoms with E-state index in [1.54, 1.807) is 20.8 Å². The fraction of sp³-hybridized carbons (Fsp3) is 0.846. The lowest BCUT2D eigenvalue weighted by Crippen LogP contribution is -2.59. The van der Waals surface area contributed by atoms with Gasteiger partial charge in [-0.2, -0.15) is 0 Å². The minimum Gasteiger partial charge on any atom is -0.464 e. The highest BCUT2D eigenvalue weighted by molar-refractivity contribution is 9.13. The van der Waals surface area contributed by atoms with E-state index in [0.717, 1.165) is 0 Å². The number of carbonyl (C=O) groups is 2. The molecule has 0 aromatic carbocycles. The van der Waals surface area contributed by atoms with Crippen LogP contribution in [0.25, 0.3) is 0 Å². The number of halogens is 2. The van der Waals surface area contributed by atoms with Gasteiger partial charge >= 0.3 is 11.9 Å². The van der Waals surface area contributed by atoms with Gasteiger partial charge in [0.15, 0.2) is 4.51 Å². The van der Waals surface area contributed by atoms with Crippen molar-refractivity contribution in [2.75, 3.05) is 19.8 Å². The Morgan fingerprint density at radius 1 is 0.900 bits per heavy atom. The second kappa shape index (κ2) is 9.00. The number of rotatable bonds is 9. The molecule has 0 saturated carbocycles. The maximum Gasteiger partial charge on any atom is 0.338 e. The average Bonchev–Trinajstić information content (AvgIpc) is 2.38. The van der Waals surface area contributed by atoms with Crippen molar-refractivity contribution in [3.05, 3.63) is 0 Å². The molecule has 0 spiro atoms. The van der Waals surface area contributed by atoms with Gasteiger partial charge in [-0.25, -0.2) is 9.59 Å². The molecule has 0 radical (unpaired) electrons. The van der Waals surface area contributed by atoms with Crippen molar-refractivity contribution in [3.63, 3.8) is 0 Å². The van der Waals surface area contributed by atoms with Crippen molar-refractivity contribution in [2.24, 2.45) is 0 Å². The first-order valence-corrected chi connectivity index (χ1v) is 8.28. The Labute approximate surface area is 137 Å². The van der Waals surface area contributed by atoms with E-state index in [4.69, 9.17) is 14.2 Å². The zero-order valence-electron chi connectivity index (χ0n) is 12.3. The molecule has 20 heavy (non-hydrogen) atoms. The quantitative estimate of drug-likeness (QED) is 0.327. The molecule has 0 aliphatic rings. The molecule has 118 valence electrons. The van der Waals surface area contributed by atoms with Crippen molar-refractivity contribution in [2.45, 2.75) is 49.4 Å². The SMILES string of the molecule is CCCC(Br)(OCC)C(Br)(C(=O)OCC)C(=O)OCC. The molecule has 0 aromatic rings. The molecule has 0 amide bonds. The topological polar surface area (TPSA) is 61.8 Å². The Morgan fingerprint density at radius 2 is 1.35 bits per heavy atom. The summed E-state index contributed by atoms with van der Waals surface area (Å²) in [7, 11) is 0. The number of ether oxygens (including phenoxy) is 3. The van der Waals surface area contributed by atoms with Crippen LogP contribution in [0.2, 0.25) is 0 Å². The zero-order chi connectivity index (χ0) is 15.8. The minimum atomic E-state index is -1.74. The van der Waals surface area contributed by atoms with Gasteiger partial charge in [-0.05, 0) is 27.2 Å². The molecule has 0 rings (SSSR count). The Morgan fingerprint density at radius 3 is 1.65 bits per heavy atom. The van der Waals surface area contributed by atoms with Gasteiger partial charge in [-0.3, -0.25) is 0 Å². The summed E-state index contributed by atoms with van der Waals surface area (Å²) in [5.74, 6) is -1.45. The molecule has 0 aliphatic heterocycles. The van der Waals surface area contributed by atoms with Gasteiger partial charge in [-0.15, -0.1) is 0 Å². The predicted molar refractivity (Wildman–Crippen MR) is 83.1 cm³/mol.